The van der Waals surface area contributed by atoms with E-state index in [2.05, 4.69) is 6.58 Å². The van der Waals surface area contributed by atoms with Gasteiger partial charge in [0.15, 0.2) is 0 Å². The lowest BCUT2D eigenvalue weighted by Crippen LogP contribution is -2.39. The fraction of sp³-hybridized carbons (Fsp3) is 0.714. The zero-order chi connectivity index (χ0) is 13.1. The summed E-state index contributed by atoms with van der Waals surface area (Å²) in [5, 5.41) is 0. The van der Waals surface area contributed by atoms with E-state index >= 15 is 0 Å². The number of esters is 1. The standard InChI is InChI=1S/C14H21NO3/c1-3-4-5-6-7-15(2)13(16)11-8-10-9-12(11)14(17)18-10/h3,10-12H,1,4-9H2,2H3/t10-,11-,12-/m1/s1. The molecule has 1 aliphatic carbocycles. The van der Waals surface area contributed by atoms with Gasteiger partial charge in [-0.3, -0.25) is 9.59 Å². The van der Waals surface area contributed by atoms with Crippen molar-refractivity contribution in [2.24, 2.45) is 11.8 Å². The number of nitrogens with zero attached hydrogens (tertiary/aromatic N) is 1. The van der Waals surface area contributed by atoms with Crippen LogP contribution in [0, 0.1) is 11.8 Å². The largest absolute Gasteiger partial charge is 0.462 e. The lowest BCUT2D eigenvalue weighted by Gasteiger charge is -2.25. The molecule has 2 rings (SSSR count). The third kappa shape index (κ3) is 2.57. The van der Waals surface area contributed by atoms with E-state index in [1.807, 2.05) is 13.1 Å². The molecule has 1 saturated carbocycles. The van der Waals surface area contributed by atoms with E-state index in [0.717, 1.165) is 32.2 Å². The predicted molar refractivity (Wildman–Crippen MR) is 67.8 cm³/mol. The molecule has 1 heterocycles. The Kier molecular flexibility index (Phi) is 4.04. The molecule has 0 spiro atoms. The van der Waals surface area contributed by atoms with Crippen molar-refractivity contribution in [1.82, 2.24) is 4.90 Å². The molecular formula is C14H21NO3. The highest BCUT2D eigenvalue weighted by Crippen LogP contribution is 2.41. The Hall–Kier alpha value is -1.32. The number of ether oxygens (including phenoxy) is 1. The molecule has 2 aliphatic rings. The first-order chi connectivity index (χ1) is 8.63. The van der Waals surface area contributed by atoms with Gasteiger partial charge in [0.1, 0.15) is 6.10 Å². The number of allylic oxidation sites excluding steroid dienone is 1. The molecule has 4 heteroatoms. The van der Waals surface area contributed by atoms with Crippen LogP contribution in [0.2, 0.25) is 0 Å². The Bertz CT molecular complexity index is 353. The smallest absolute Gasteiger partial charge is 0.310 e. The molecule has 0 aromatic carbocycles. The molecule has 1 saturated heterocycles. The number of hydrogen-bond donors (Lipinski definition) is 0. The zero-order valence-electron chi connectivity index (χ0n) is 10.9. The second-order valence-electron chi connectivity index (χ2n) is 5.29. The van der Waals surface area contributed by atoms with Crippen LogP contribution < -0.4 is 0 Å². The van der Waals surface area contributed by atoms with Crippen LogP contribution in [0.15, 0.2) is 12.7 Å². The van der Waals surface area contributed by atoms with Gasteiger partial charge < -0.3 is 9.64 Å². The monoisotopic (exact) mass is 251 g/mol. The summed E-state index contributed by atoms with van der Waals surface area (Å²) in [6.07, 6.45) is 6.37. The van der Waals surface area contributed by atoms with Gasteiger partial charge >= 0.3 is 5.97 Å². The van der Waals surface area contributed by atoms with Crippen molar-refractivity contribution in [3.63, 3.8) is 0 Å². The fourth-order valence-electron chi connectivity index (χ4n) is 2.90. The number of fused-ring (bicyclic) bond motifs is 2. The summed E-state index contributed by atoms with van der Waals surface area (Å²) in [5.41, 5.74) is 0. The molecule has 3 atom stereocenters. The van der Waals surface area contributed by atoms with Gasteiger partial charge in [0.25, 0.3) is 0 Å². The summed E-state index contributed by atoms with van der Waals surface area (Å²) < 4.78 is 5.11. The van der Waals surface area contributed by atoms with Crippen molar-refractivity contribution in [1.29, 1.82) is 0 Å². The third-order valence-electron chi connectivity index (χ3n) is 3.95. The minimum atomic E-state index is -0.182. The lowest BCUT2D eigenvalue weighted by atomic mass is 9.94. The van der Waals surface area contributed by atoms with Crippen LogP contribution in [0.3, 0.4) is 0 Å². The summed E-state index contributed by atoms with van der Waals surface area (Å²) in [6, 6.07) is 0. The van der Waals surface area contributed by atoms with E-state index in [-0.39, 0.29) is 29.8 Å². The molecule has 0 aromatic heterocycles. The second-order valence-corrected chi connectivity index (χ2v) is 5.29. The molecular weight excluding hydrogens is 230 g/mol. The van der Waals surface area contributed by atoms with Crippen LogP contribution in [0.25, 0.3) is 0 Å². The Morgan fingerprint density at radius 2 is 2.28 bits per heavy atom. The minimum absolute atomic E-state index is 0.00869. The molecule has 0 N–H and O–H groups in total. The minimum Gasteiger partial charge on any atom is -0.462 e. The molecule has 1 aliphatic heterocycles. The molecule has 0 unspecified atom stereocenters. The van der Waals surface area contributed by atoms with Crippen LogP contribution in [-0.4, -0.2) is 36.5 Å². The van der Waals surface area contributed by atoms with E-state index in [9.17, 15) is 9.59 Å². The van der Waals surface area contributed by atoms with Crippen LogP contribution >= 0.6 is 0 Å². The second kappa shape index (κ2) is 5.55. The highest BCUT2D eigenvalue weighted by atomic mass is 16.6. The molecule has 0 radical (unpaired) electrons. The molecule has 100 valence electrons. The summed E-state index contributed by atoms with van der Waals surface area (Å²) in [7, 11) is 1.83. The number of carbonyl (C=O) groups excluding carboxylic acids is 2. The van der Waals surface area contributed by atoms with E-state index in [0.29, 0.717) is 6.42 Å². The van der Waals surface area contributed by atoms with Gasteiger partial charge in [-0.2, -0.15) is 0 Å². The number of amides is 1. The molecule has 0 aromatic rings. The van der Waals surface area contributed by atoms with Gasteiger partial charge in [0.05, 0.1) is 11.8 Å². The first kappa shape index (κ1) is 13.1. The van der Waals surface area contributed by atoms with Crippen LogP contribution in [-0.2, 0) is 14.3 Å². The predicted octanol–water partition coefficient (Wildman–Crippen LogP) is 1.75. The maximum Gasteiger partial charge on any atom is 0.310 e. The molecule has 1 amide bonds. The average Bonchev–Trinajstić information content (AvgIpc) is 2.92. The van der Waals surface area contributed by atoms with Gasteiger partial charge in [-0.1, -0.05) is 6.08 Å². The summed E-state index contributed by atoms with van der Waals surface area (Å²) in [6.45, 7) is 4.44. The topological polar surface area (TPSA) is 46.6 Å². The maximum atomic E-state index is 12.2. The summed E-state index contributed by atoms with van der Waals surface area (Å²) in [5.74, 6) is -0.388. The highest BCUT2D eigenvalue weighted by Gasteiger charge is 2.51. The Morgan fingerprint density at radius 3 is 2.89 bits per heavy atom. The van der Waals surface area contributed by atoms with E-state index < -0.39 is 0 Å². The van der Waals surface area contributed by atoms with Crippen LogP contribution in [0.5, 0.6) is 0 Å². The Balaban J connectivity index is 1.80. The van der Waals surface area contributed by atoms with Crippen molar-refractivity contribution in [2.75, 3.05) is 13.6 Å². The highest BCUT2D eigenvalue weighted by molar-refractivity contribution is 5.87. The van der Waals surface area contributed by atoms with Crippen molar-refractivity contribution < 1.29 is 14.3 Å². The van der Waals surface area contributed by atoms with Crippen LogP contribution in [0.1, 0.15) is 32.1 Å². The van der Waals surface area contributed by atoms with Gasteiger partial charge in [-0.25, -0.2) is 0 Å². The van der Waals surface area contributed by atoms with Gasteiger partial charge in [0, 0.05) is 13.6 Å². The van der Waals surface area contributed by atoms with Gasteiger partial charge in [-0.15, -0.1) is 6.58 Å². The van der Waals surface area contributed by atoms with Gasteiger partial charge in [-0.05, 0) is 32.1 Å². The van der Waals surface area contributed by atoms with E-state index in [4.69, 9.17) is 4.74 Å². The fourth-order valence-corrected chi connectivity index (χ4v) is 2.90. The summed E-state index contributed by atoms with van der Waals surface area (Å²) >= 11 is 0. The first-order valence-corrected chi connectivity index (χ1v) is 6.70. The Labute approximate surface area is 108 Å². The van der Waals surface area contributed by atoms with E-state index in [1.54, 1.807) is 4.90 Å². The van der Waals surface area contributed by atoms with Crippen LogP contribution in [0.4, 0.5) is 0 Å². The normalized spacial score (nSPS) is 29.2. The van der Waals surface area contributed by atoms with Crippen molar-refractivity contribution >= 4 is 11.9 Å². The molecule has 2 fully saturated rings. The van der Waals surface area contributed by atoms with E-state index in [1.165, 1.54) is 0 Å². The lowest BCUT2D eigenvalue weighted by molar-refractivity contribution is -0.155. The first-order valence-electron chi connectivity index (χ1n) is 6.70. The van der Waals surface area contributed by atoms with Crippen molar-refractivity contribution in [3.05, 3.63) is 12.7 Å². The number of rotatable bonds is 6. The van der Waals surface area contributed by atoms with Crippen molar-refractivity contribution in [2.45, 2.75) is 38.2 Å². The molecule has 2 bridgehead atoms. The average molecular weight is 251 g/mol. The SMILES string of the molecule is C=CCCCCN(C)C(=O)[C@@H]1C[C@@H]2C[C@H]1C(=O)O2. The third-order valence-corrected chi connectivity index (χ3v) is 3.95. The molecule has 4 nitrogen and oxygen atoms in total. The Morgan fingerprint density at radius 1 is 1.50 bits per heavy atom. The number of carbonyl (C=O) groups is 2. The van der Waals surface area contributed by atoms with Crippen molar-refractivity contribution in [3.8, 4) is 0 Å². The summed E-state index contributed by atoms with van der Waals surface area (Å²) in [4.78, 5) is 25.5. The molecule has 18 heavy (non-hydrogen) atoms. The number of hydrogen-bond acceptors (Lipinski definition) is 3. The quantitative estimate of drug-likeness (QED) is 0.410. The maximum absolute atomic E-state index is 12.2. The number of unbranched alkanes of at least 4 members (excludes halogenated alkanes) is 2. The zero-order valence-corrected chi connectivity index (χ0v) is 10.9. The van der Waals surface area contributed by atoms with Gasteiger partial charge in [0.2, 0.25) is 5.91 Å².